The summed E-state index contributed by atoms with van der Waals surface area (Å²) in [6, 6.07) is 3.56. The summed E-state index contributed by atoms with van der Waals surface area (Å²) in [5.41, 5.74) is -0.803. The molecule has 2 rings (SSSR count). The average molecular weight is 354 g/mol. The number of halogens is 6. The lowest BCUT2D eigenvalue weighted by molar-refractivity contribution is -0.174. The van der Waals surface area contributed by atoms with Crippen LogP contribution in [-0.4, -0.2) is 30.7 Å². The molecule has 0 radical (unpaired) electrons. The Balaban J connectivity index is 2.21. The van der Waals surface area contributed by atoms with Gasteiger partial charge < -0.3 is 10.6 Å². The largest absolute Gasteiger partial charge is 0.471 e. The highest BCUT2D eigenvalue weighted by Crippen LogP contribution is 2.37. The van der Waals surface area contributed by atoms with Gasteiger partial charge in [0, 0.05) is 18.6 Å². The van der Waals surface area contributed by atoms with Gasteiger partial charge in [-0.05, 0) is 30.9 Å². The van der Waals surface area contributed by atoms with Crippen molar-refractivity contribution in [2.75, 3.05) is 6.54 Å². The lowest BCUT2D eigenvalue weighted by Gasteiger charge is -2.37. The zero-order valence-corrected chi connectivity index (χ0v) is 12.6. The van der Waals surface area contributed by atoms with Crippen molar-refractivity contribution in [3.05, 3.63) is 35.4 Å². The third-order valence-electron chi connectivity index (χ3n) is 4.11. The van der Waals surface area contributed by atoms with E-state index in [1.165, 1.54) is 18.2 Å². The van der Waals surface area contributed by atoms with E-state index >= 15 is 0 Å². The third kappa shape index (κ3) is 4.19. The summed E-state index contributed by atoms with van der Waals surface area (Å²) in [6.45, 7) is 1.76. The number of rotatable bonds is 2. The monoisotopic (exact) mass is 354 g/mol. The molecule has 0 bridgehead atoms. The zero-order chi connectivity index (χ0) is 18.1. The van der Waals surface area contributed by atoms with Crippen LogP contribution in [0.5, 0.6) is 0 Å². The molecule has 1 fully saturated rings. The van der Waals surface area contributed by atoms with Gasteiger partial charge in [-0.15, -0.1) is 0 Å². The Kier molecular flexibility index (Phi) is 5.12. The van der Waals surface area contributed by atoms with E-state index < -0.39 is 41.8 Å². The van der Waals surface area contributed by atoms with E-state index in [2.05, 4.69) is 5.32 Å². The average Bonchev–Trinajstić information content (AvgIpc) is 2.47. The Morgan fingerprint density at radius 3 is 2.38 bits per heavy atom. The third-order valence-corrected chi connectivity index (χ3v) is 4.11. The molecule has 9 heteroatoms. The van der Waals surface area contributed by atoms with Gasteiger partial charge in [0.05, 0.1) is 5.56 Å². The molecular weight excluding hydrogens is 338 g/mol. The van der Waals surface area contributed by atoms with E-state index in [4.69, 9.17) is 0 Å². The van der Waals surface area contributed by atoms with Gasteiger partial charge in [0.15, 0.2) is 0 Å². The fourth-order valence-corrected chi connectivity index (χ4v) is 2.85. The van der Waals surface area contributed by atoms with Crippen LogP contribution in [0.3, 0.4) is 0 Å². The summed E-state index contributed by atoms with van der Waals surface area (Å²) in [5, 5.41) is 4.73. The van der Waals surface area contributed by atoms with Crippen LogP contribution in [0.1, 0.15) is 30.4 Å². The minimum absolute atomic E-state index is 0.00987. The summed E-state index contributed by atoms with van der Waals surface area (Å²) < 4.78 is 76.5. The maximum Gasteiger partial charge on any atom is 0.471 e. The quantitative estimate of drug-likeness (QED) is 0.801. The first-order valence-corrected chi connectivity index (χ1v) is 7.27. The van der Waals surface area contributed by atoms with Gasteiger partial charge in [0.25, 0.3) is 0 Å². The molecule has 1 aromatic carbocycles. The lowest BCUT2D eigenvalue weighted by Crippen LogP contribution is -2.56. The fraction of sp³-hybridized carbons (Fsp3) is 0.533. The second-order valence-electron chi connectivity index (χ2n) is 5.79. The zero-order valence-electron chi connectivity index (χ0n) is 12.6. The Hall–Kier alpha value is -1.77. The molecule has 0 saturated carbocycles. The van der Waals surface area contributed by atoms with Crippen LogP contribution < -0.4 is 10.6 Å². The van der Waals surface area contributed by atoms with Crippen molar-refractivity contribution in [2.45, 2.75) is 43.7 Å². The van der Waals surface area contributed by atoms with Crippen LogP contribution in [0.15, 0.2) is 24.3 Å². The Morgan fingerprint density at radius 2 is 1.79 bits per heavy atom. The van der Waals surface area contributed by atoms with Crippen molar-refractivity contribution < 1.29 is 31.1 Å². The molecule has 3 atom stereocenters. The molecule has 0 spiro atoms. The highest BCUT2D eigenvalue weighted by Gasteiger charge is 2.42. The SMILES string of the molecule is CC1NCC(c2ccccc2C(F)(F)F)CC1NC(=O)C(F)(F)F. The molecule has 0 aromatic heterocycles. The molecule has 2 N–H and O–H groups in total. The minimum Gasteiger partial charge on any atom is -0.344 e. The molecule has 3 unspecified atom stereocenters. The number of alkyl halides is 6. The molecule has 1 amide bonds. The van der Waals surface area contributed by atoms with E-state index in [1.807, 2.05) is 5.32 Å². The number of piperidine rings is 1. The molecule has 134 valence electrons. The van der Waals surface area contributed by atoms with Crippen LogP contribution >= 0.6 is 0 Å². The number of hydrogen-bond donors (Lipinski definition) is 2. The van der Waals surface area contributed by atoms with E-state index in [1.54, 1.807) is 6.92 Å². The number of benzene rings is 1. The first-order chi connectivity index (χ1) is 11.0. The molecule has 0 aliphatic carbocycles. The van der Waals surface area contributed by atoms with Crippen LogP contribution in [0.2, 0.25) is 0 Å². The number of carbonyl (C=O) groups is 1. The Morgan fingerprint density at radius 1 is 1.17 bits per heavy atom. The standard InChI is InChI=1S/C15H16F6N2O/c1-8-12(23-13(24)15(19,20)21)6-9(7-22-8)10-4-2-3-5-11(10)14(16,17)18/h2-5,8-9,12,22H,6-7H2,1H3,(H,23,24). The summed E-state index contributed by atoms with van der Waals surface area (Å²) in [4.78, 5) is 11.1. The second-order valence-corrected chi connectivity index (χ2v) is 5.79. The van der Waals surface area contributed by atoms with Gasteiger partial charge in [-0.25, -0.2) is 0 Å². The van der Waals surface area contributed by atoms with Gasteiger partial charge in [-0.2, -0.15) is 26.3 Å². The number of amides is 1. The summed E-state index contributed by atoms with van der Waals surface area (Å²) in [5.74, 6) is -2.75. The first-order valence-electron chi connectivity index (χ1n) is 7.27. The first kappa shape index (κ1) is 18.6. The molecule has 1 aliphatic heterocycles. The second kappa shape index (κ2) is 6.62. The van der Waals surface area contributed by atoms with E-state index in [0.717, 1.165) is 6.07 Å². The van der Waals surface area contributed by atoms with Crippen molar-refractivity contribution in [3.63, 3.8) is 0 Å². The number of hydrogen-bond acceptors (Lipinski definition) is 2. The molecule has 24 heavy (non-hydrogen) atoms. The molecule has 3 nitrogen and oxygen atoms in total. The fourth-order valence-electron chi connectivity index (χ4n) is 2.85. The number of carbonyl (C=O) groups excluding carboxylic acids is 1. The normalized spacial score (nSPS) is 25.4. The van der Waals surface area contributed by atoms with E-state index in [-0.39, 0.29) is 18.5 Å². The van der Waals surface area contributed by atoms with Crippen molar-refractivity contribution in [3.8, 4) is 0 Å². The van der Waals surface area contributed by atoms with Crippen LogP contribution in [0.25, 0.3) is 0 Å². The van der Waals surface area contributed by atoms with E-state index in [0.29, 0.717) is 0 Å². The Bertz CT molecular complexity index is 598. The number of nitrogens with one attached hydrogen (secondary N) is 2. The summed E-state index contributed by atoms with van der Waals surface area (Å²) in [7, 11) is 0. The highest BCUT2D eigenvalue weighted by atomic mass is 19.4. The topological polar surface area (TPSA) is 41.1 Å². The maximum absolute atomic E-state index is 13.1. The molecule has 1 aliphatic rings. The summed E-state index contributed by atoms with van der Waals surface area (Å²) >= 11 is 0. The van der Waals surface area contributed by atoms with Gasteiger partial charge in [-0.3, -0.25) is 4.79 Å². The summed E-state index contributed by atoms with van der Waals surface area (Å²) in [6.07, 6.45) is -9.59. The molecule has 1 saturated heterocycles. The Labute approximate surface area is 134 Å². The van der Waals surface area contributed by atoms with Crippen LogP contribution in [0, 0.1) is 0 Å². The van der Waals surface area contributed by atoms with Crippen molar-refractivity contribution >= 4 is 5.91 Å². The molecular formula is C15H16F6N2O. The van der Waals surface area contributed by atoms with Gasteiger partial charge in [0.2, 0.25) is 0 Å². The van der Waals surface area contributed by atoms with Gasteiger partial charge in [0.1, 0.15) is 0 Å². The van der Waals surface area contributed by atoms with Crippen LogP contribution in [0.4, 0.5) is 26.3 Å². The van der Waals surface area contributed by atoms with Gasteiger partial charge in [-0.1, -0.05) is 18.2 Å². The van der Waals surface area contributed by atoms with Crippen molar-refractivity contribution in [1.82, 2.24) is 10.6 Å². The molecule has 1 aromatic rings. The van der Waals surface area contributed by atoms with Crippen LogP contribution in [-0.2, 0) is 11.0 Å². The van der Waals surface area contributed by atoms with Gasteiger partial charge >= 0.3 is 18.3 Å². The lowest BCUT2D eigenvalue weighted by atomic mass is 9.83. The van der Waals surface area contributed by atoms with Crippen molar-refractivity contribution in [2.24, 2.45) is 0 Å². The smallest absolute Gasteiger partial charge is 0.344 e. The van der Waals surface area contributed by atoms with Crippen molar-refractivity contribution in [1.29, 1.82) is 0 Å². The molecule has 1 heterocycles. The predicted molar refractivity (Wildman–Crippen MR) is 74.3 cm³/mol. The highest BCUT2D eigenvalue weighted by molar-refractivity contribution is 5.82. The predicted octanol–water partition coefficient (Wildman–Crippen LogP) is 3.22. The van der Waals surface area contributed by atoms with E-state index in [9.17, 15) is 31.1 Å². The maximum atomic E-state index is 13.1. The minimum atomic E-state index is -5.03.